The molecule has 69 heavy (non-hydrogen) atoms. The van der Waals surface area contributed by atoms with Crippen molar-refractivity contribution in [2.24, 2.45) is 0 Å². The van der Waals surface area contributed by atoms with Crippen molar-refractivity contribution in [3.8, 4) is 39.1 Å². The highest BCUT2D eigenvalue weighted by Gasteiger charge is 2.51. The van der Waals surface area contributed by atoms with Gasteiger partial charge < -0.3 is 9.47 Å². The van der Waals surface area contributed by atoms with Crippen molar-refractivity contribution in [1.82, 2.24) is 4.57 Å². The van der Waals surface area contributed by atoms with Gasteiger partial charge in [-0.2, -0.15) is 0 Å². The van der Waals surface area contributed by atoms with Crippen LogP contribution in [0.25, 0.3) is 93.2 Å². The van der Waals surface area contributed by atoms with E-state index in [0.717, 1.165) is 22.6 Å². The van der Waals surface area contributed by atoms with Gasteiger partial charge in [0.15, 0.2) is 0 Å². The zero-order valence-corrected chi connectivity index (χ0v) is 37.6. The van der Waals surface area contributed by atoms with E-state index in [1.165, 1.54) is 110 Å². The first kappa shape index (κ1) is 38.2. The summed E-state index contributed by atoms with van der Waals surface area (Å²) in [5, 5.41) is 10.1. The van der Waals surface area contributed by atoms with Crippen molar-refractivity contribution in [1.29, 1.82) is 0 Å². The third-order valence-corrected chi connectivity index (χ3v) is 15.4. The Morgan fingerprint density at radius 3 is 1.61 bits per heavy atom. The van der Waals surface area contributed by atoms with Gasteiger partial charge in [0.2, 0.25) is 0 Å². The number of aromatic nitrogens is 1. The second-order valence-corrected chi connectivity index (χ2v) is 18.7. The highest BCUT2D eigenvalue weighted by molar-refractivity contribution is 6.26. The lowest BCUT2D eigenvalue weighted by molar-refractivity contribution is 0.748. The van der Waals surface area contributed by atoms with Crippen LogP contribution < -0.4 is 4.90 Å². The molecule has 0 fully saturated rings. The van der Waals surface area contributed by atoms with E-state index in [0.29, 0.717) is 0 Å². The smallest absolute Gasteiger partial charge is 0.0755 e. The molecule has 0 saturated heterocycles. The molecule has 0 saturated carbocycles. The lowest BCUT2D eigenvalue weighted by Gasteiger charge is -2.39. The van der Waals surface area contributed by atoms with Gasteiger partial charge in [-0.1, -0.05) is 218 Å². The van der Waals surface area contributed by atoms with Crippen molar-refractivity contribution >= 4 is 71.2 Å². The molecular formula is C67H42N2. The second-order valence-electron chi connectivity index (χ2n) is 18.7. The SMILES string of the molecule is c1ccc(-c2ccccc2-c2ccccc2N(c2ccc3c4ccccc4c4ccccc4c3c2)c2cccc3c2-c2ccccc2C32c3ccccc3-n3c4ccccc4c4cccc2c43)cc1. The van der Waals surface area contributed by atoms with Crippen LogP contribution in [0.5, 0.6) is 0 Å². The van der Waals surface area contributed by atoms with Gasteiger partial charge in [-0.05, 0) is 113 Å². The predicted octanol–water partition coefficient (Wildman–Crippen LogP) is 17.7. The van der Waals surface area contributed by atoms with E-state index in [1.54, 1.807) is 0 Å². The normalized spacial score (nSPS) is 14.4. The number of nitrogens with zero attached hydrogens (tertiary/aromatic N) is 2. The van der Waals surface area contributed by atoms with E-state index >= 15 is 0 Å². The van der Waals surface area contributed by atoms with Crippen molar-refractivity contribution in [2.75, 3.05) is 4.90 Å². The van der Waals surface area contributed by atoms with Gasteiger partial charge in [0.1, 0.15) is 0 Å². The Kier molecular flexibility index (Phi) is 8.02. The molecule has 1 unspecified atom stereocenters. The van der Waals surface area contributed by atoms with Crippen LogP contribution in [-0.2, 0) is 5.41 Å². The molecule has 1 aliphatic heterocycles. The fraction of sp³-hybridized carbons (Fsp3) is 0.0149. The van der Waals surface area contributed by atoms with E-state index in [9.17, 15) is 0 Å². The lowest BCUT2D eigenvalue weighted by atomic mass is 9.65. The maximum Gasteiger partial charge on any atom is 0.0755 e. The Labute approximate surface area is 400 Å². The molecule has 15 rings (SSSR count). The zero-order chi connectivity index (χ0) is 45.2. The van der Waals surface area contributed by atoms with Crippen molar-refractivity contribution in [3.05, 3.63) is 277 Å². The van der Waals surface area contributed by atoms with E-state index in [4.69, 9.17) is 0 Å². The fourth-order valence-electron chi connectivity index (χ4n) is 12.7. The maximum absolute atomic E-state index is 2.57. The minimum absolute atomic E-state index is 0.591. The van der Waals surface area contributed by atoms with E-state index in [-0.39, 0.29) is 0 Å². The van der Waals surface area contributed by atoms with Crippen LogP contribution in [0.4, 0.5) is 17.1 Å². The van der Waals surface area contributed by atoms with Gasteiger partial charge in [-0.15, -0.1) is 0 Å². The molecular weight excluding hydrogens is 833 g/mol. The van der Waals surface area contributed by atoms with Crippen molar-refractivity contribution in [2.45, 2.75) is 5.41 Å². The molecule has 2 nitrogen and oxygen atoms in total. The van der Waals surface area contributed by atoms with Gasteiger partial charge in [0.05, 0.1) is 33.5 Å². The summed E-state index contributed by atoms with van der Waals surface area (Å²) < 4.78 is 2.53. The molecule has 2 heterocycles. The first-order chi connectivity index (χ1) is 34.3. The Bertz CT molecular complexity index is 4240. The van der Waals surface area contributed by atoms with Crippen molar-refractivity contribution in [3.63, 3.8) is 0 Å². The highest BCUT2D eigenvalue weighted by Crippen LogP contribution is 2.63. The quantitative estimate of drug-likeness (QED) is 0.156. The minimum Gasteiger partial charge on any atom is -0.309 e. The Hall–Kier alpha value is -8.98. The van der Waals surface area contributed by atoms with Gasteiger partial charge in [-0.3, -0.25) is 0 Å². The summed E-state index contributed by atoms with van der Waals surface area (Å²) >= 11 is 0. The van der Waals surface area contributed by atoms with Crippen LogP contribution in [0.3, 0.4) is 0 Å². The molecule has 1 aliphatic carbocycles. The largest absolute Gasteiger partial charge is 0.309 e. The standard InChI is InChI=1S/C67H42N2/c1-2-20-43(21-3-1)45-22-4-5-23-46(45)52-28-11-15-36-61(52)68(44-40-41-51-49-26-7-6-24-47(49)48-25-8-9-27-50(48)56(51)42-44)64-39-19-34-59-65(64)55-30-10-13-32-57(55)67(59)58-33-14-17-38-63(58)69-62-37-16-12-29-53(62)54-31-18-35-60(67)66(54)69/h1-42H. The molecule has 0 N–H and O–H groups in total. The summed E-state index contributed by atoms with van der Waals surface area (Å²) in [5.74, 6) is 0. The Balaban J connectivity index is 1.07. The van der Waals surface area contributed by atoms with Gasteiger partial charge in [-0.25, -0.2) is 0 Å². The summed E-state index contributed by atoms with van der Waals surface area (Å²) in [5.41, 5.74) is 19.0. The number of benzene rings is 12. The second kappa shape index (κ2) is 14.5. The van der Waals surface area contributed by atoms with Crippen LogP contribution in [0.2, 0.25) is 0 Å². The Morgan fingerprint density at radius 1 is 0.304 bits per heavy atom. The van der Waals surface area contributed by atoms with Crippen LogP contribution in [0.15, 0.2) is 255 Å². The molecule has 12 aromatic carbocycles. The zero-order valence-electron chi connectivity index (χ0n) is 37.6. The summed E-state index contributed by atoms with van der Waals surface area (Å²) in [7, 11) is 0. The van der Waals surface area contributed by atoms with Crippen molar-refractivity contribution < 1.29 is 0 Å². The predicted molar refractivity (Wildman–Crippen MR) is 290 cm³/mol. The number of para-hydroxylation sites is 4. The van der Waals surface area contributed by atoms with E-state index in [1.807, 2.05) is 0 Å². The maximum atomic E-state index is 2.57. The summed E-state index contributed by atoms with van der Waals surface area (Å²) in [6.07, 6.45) is 0. The molecule has 2 aliphatic rings. The van der Waals surface area contributed by atoms with Gasteiger partial charge in [0.25, 0.3) is 0 Å². The summed E-state index contributed by atoms with van der Waals surface area (Å²) in [6.45, 7) is 0. The summed E-state index contributed by atoms with van der Waals surface area (Å²) in [6, 6.07) is 95.1. The molecule has 2 heteroatoms. The topological polar surface area (TPSA) is 8.17 Å². The molecule has 320 valence electrons. The number of hydrogen-bond donors (Lipinski definition) is 0. The van der Waals surface area contributed by atoms with Crippen LogP contribution in [0, 0.1) is 0 Å². The highest BCUT2D eigenvalue weighted by atomic mass is 15.1. The van der Waals surface area contributed by atoms with Gasteiger partial charge >= 0.3 is 0 Å². The molecule has 13 aromatic rings. The molecule has 1 aromatic heterocycles. The average Bonchev–Trinajstić information content (AvgIpc) is 3.92. The summed E-state index contributed by atoms with van der Waals surface area (Å²) in [4.78, 5) is 2.57. The molecule has 0 amide bonds. The number of anilines is 3. The molecule has 1 atom stereocenters. The van der Waals surface area contributed by atoms with E-state index in [2.05, 4.69) is 264 Å². The number of hydrogen-bond acceptors (Lipinski definition) is 1. The molecule has 0 bridgehead atoms. The third-order valence-electron chi connectivity index (χ3n) is 15.4. The molecule has 0 radical (unpaired) electrons. The first-order valence-corrected chi connectivity index (χ1v) is 24.0. The monoisotopic (exact) mass is 874 g/mol. The Morgan fingerprint density at radius 2 is 0.826 bits per heavy atom. The third kappa shape index (κ3) is 5.15. The fourth-order valence-corrected chi connectivity index (χ4v) is 12.7. The number of fused-ring (bicyclic) bond motifs is 18. The van der Waals surface area contributed by atoms with Crippen LogP contribution >= 0.6 is 0 Å². The molecule has 1 spiro atoms. The van der Waals surface area contributed by atoms with Gasteiger partial charge in [0, 0.05) is 27.6 Å². The van der Waals surface area contributed by atoms with Crippen LogP contribution in [0.1, 0.15) is 22.3 Å². The number of rotatable bonds is 5. The minimum atomic E-state index is -0.591. The first-order valence-electron chi connectivity index (χ1n) is 24.0. The average molecular weight is 875 g/mol. The van der Waals surface area contributed by atoms with E-state index < -0.39 is 5.41 Å². The lowest BCUT2D eigenvalue weighted by Crippen LogP contribution is -2.33. The van der Waals surface area contributed by atoms with Crippen LogP contribution in [-0.4, -0.2) is 4.57 Å².